The van der Waals surface area contributed by atoms with Gasteiger partial charge in [0.25, 0.3) is 0 Å². The van der Waals surface area contributed by atoms with E-state index >= 15 is 0 Å². The third-order valence-electron chi connectivity index (χ3n) is 2.80. The Morgan fingerprint density at radius 3 is 2.63 bits per heavy atom. The van der Waals surface area contributed by atoms with Crippen molar-refractivity contribution in [2.75, 3.05) is 5.73 Å². The Kier molecular flexibility index (Phi) is 2.31. The van der Waals surface area contributed by atoms with Crippen LogP contribution >= 0.6 is 0 Å². The van der Waals surface area contributed by atoms with E-state index in [-0.39, 0.29) is 5.82 Å². The van der Waals surface area contributed by atoms with Crippen LogP contribution in [0, 0.1) is 0 Å². The summed E-state index contributed by atoms with van der Waals surface area (Å²) >= 11 is 0. The van der Waals surface area contributed by atoms with Crippen molar-refractivity contribution in [2.45, 2.75) is 6.18 Å². The maximum absolute atomic E-state index is 12.7. The standard InChI is InChI=1S/C12H8F3N3O/c13-12(14,15)6-1-2-9-7(3-6)8(5-17-9)10-4-11(16)18-19-10/h1-5,17H,(H2,16,18). The van der Waals surface area contributed by atoms with Crippen molar-refractivity contribution in [2.24, 2.45) is 0 Å². The number of nitrogens with two attached hydrogens (primary N) is 1. The number of fused-ring (bicyclic) bond motifs is 1. The first kappa shape index (κ1) is 11.6. The number of hydrogen-bond donors (Lipinski definition) is 2. The molecule has 0 fully saturated rings. The molecule has 0 amide bonds. The summed E-state index contributed by atoms with van der Waals surface area (Å²) in [5.41, 5.74) is 5.79. The zero-order valence-electron chi connectivity index (χ0n) is 9.45. The van der Waals surface area contributed by atoms with Gasteiger partial charge in [-0.05, 0) is 18.2 Å². The summed E-state index contributed by atoms with van der Waals surface area (Å²) in [7, 11) is 0. The molecule has 2 aromatic heterocycles. The summed E-state index contributed by atoms with van der Waals surface area (Å²) < 4.78 is 43.0. The van der Waals surface area contributed by atoms with Gasteiger partial charge in [-0.3, -0.25) is 0 Å². The van der Waals surface area contributed by atoms with Gasteiger partial charge in [0.2, 0.25) is 0 Å². The van der Waals surface area contributed by atoms with Crippen molar-refractivity contribution in [1.29, 1.82) is 0 Å². The van der Waals surface area contributed by atoms with Gasteiger partial charge in [-0.15, -0.1) is 0 Å². The Bertz CT molecular complexity index is 742. The molecule has 0 radical (unpaired) electrons. The molecular weight excluding hydrogens is 259 g/mol. The lowest BCUT2D eigenvalue weighted by Gasteiger charge is -2.06. The molecule has 0 saturated heterocycles. The fourth-order valence-corrected chi connectivity index (χ4v) is 1.92. The van der Waals surface area contributed by atoms with Gasteiger partial charge in [0.1, 0.15) is 0 Å². The topological polar surface area (TPSA) is 67.8 Å². The molecular formula is C12H8F3N3O. The zero-order valence-corrected chi connectivity index (χ0v) is 9.45. The van der Waals surface area contributed by atoms with E-state index in [9.17, 15) is 13.2 Å². The third kappa shape index (κ3) is 1.92. The van der Waals surface area contributed by atoms with Crippen LogP contribution in [0.15, 0.2) is 35.0 Å². The first-order valence-electron chi connectivity index (χ1n) is 5.36. The molecule has 98 valence electrons. The highest BCUT2D eigenvalue weighted by atomic mass is 19.4. The number of nitrogens with zero attached hydrogens (tertiary/aromatic N) is 1. The van der Waals surface area contributed by atoms with E-state index in [0.29, 0.717) is 22.2 Å². The molecule has 0 atom stereocenters. The highest BCUT2D eigenvalue weighted by molar-refractivity contribution is 5.94. The average Bonchev–Trinajstić information content (AvgIpc) is 2.92. The van der Waals surface area contributed by atoms with Crippen LogP contribution < -0.4 is 5.73 Å². The van der Waals surface area contributed by atoms with E-state index in [4.69, 9.17) is 10.3 Å². The average molecular weight is 267 g/mol. The van der Waals surface area contributed by atoms with Crippen LogP contribution in [-0.4, -0.2) is 10.1 Å². The second-order valence-electron chi connectivity index (χ2n) is 4.08. The summed E-state index contributed by atoms with van der Waals surface area (Å²) in [6.07, 6.45) is -2.83. The van der Waals surface area contributed by atoms with E-state index < -0.39 is 11.7 Å². The molecule has 0 aliphatic rings. The van der Waals surface area contributed by atoms with Gasteiger partial charge in [-0.1, -0.05) is 5.16 Å². The summed E-state index contributed by atoms with van der Waals surface area (Å²) in [5.74, 6) is 0.499. The van der Waals surface area contributed by atoms with Crippen LogP contribution in [0.5, 0.6) is 0 Å². The van der Waals surface area contributed by atoms with E-state index in [1.165, 1.54) is 12.1 Å². The summed E-state index contributed by atoms with van der Waals surface area (Å²) in [5, 5.41) is 3.93. The maximum atomic E-state index is 12.7. The Hall–Kier alpha value is -2.44. The number of rotatable bonds is 1. The van der Waals surface area contributed by atoms with Gasteiger partial charge in [0.15, 0.2) is 11.6 Å². The number of hydrogen-bond acceptors (Lipinski definition) is 3. The van der Waals surface area contributed by atoms with Gasteiger partial charge < -0.3 is 15.2 Å². The molecule has 0 spiro atoms. The molecule has 0 aliphatic carbocycles. The minimum atomic E-state index is -4.39. The van der Waals surface area contributed by atoms with Crippen molar-refractivity contribution in [3.63, 3.8) is 0 Å². The minimum absolute atomic E-state index is 0.177. The SMILES string of the molecule is Nc1cc(-c2c[nH]c3ccc(C(F)(F)F)cc23)on1. The Morgan fingerprint density at radius 1 is 1.21 bits per heavy atom. The summed E-state index contributed by atoms with van der Waals surface area (Å²) in [4.78, 5) is 2.88. The molecule has 0 saturated carbocycles. The molecule has 3 N–H and O–H groups in total. The Morgan fingerprint density at radius 2 is 2.00 bits per heavy atom. The molecule has 2 heterocycles. The van der Waals surface area contributed by atoms with Gasteiger partial charge in [-0.25, -0.2) is 0 Å². The van der Waals surface area contributed by atoms with Gasteiger partial charge >= 0.3 is 6.18 Å². The number of aromatic nitrogens is 2. The Labute approximate surface area is 105 Å². The predicted octanol–water partition coefficient (Wildman–Crippen LogP) is 3.42. The molecule has 0 unspecified atom stereocenters. The largest absolute Gasteiger partial charge is 0.416 e. The van der Waals surface area contributed by atoms with Crippen molar-refractivity contribution in [3.05, 3.63) is 36.0 Å². The van der Waals surface area contributed by atoms with Crippen molar-refractivity contribution >= 4 is 16.7 Å². The van der Waals surface area contributed by atoms with Crippen LogP contribution in [-0.2, 0) is 6.18 Å². The van der Waals surface area contributed by atoms with Crippen molar-refractivity contribution in [1.82, 2.24) is 10.1 Å². The van der Waals surface area contributed by atoms with E-state index in [1.54, 1.807) is 6.20 Å². The molecule has 3 rings (SSSR count). The molecule has 19 heavy (non-hydrogen) atoms. The molecule has 4 nitrogen and oxygen atoms in total. The molecule has 1 aromatic carbocycles. The predicted molar refractivity (Wildman–Crippen MR) is 63.2 cm³/mol. The molecule has 0 aliphatic heterocycles. The Balaban J connectivity index is 2.21. The number of nitrogen functional groups attached to an aromatic ring is 1. The second-order valence-corrected chi connectivity index (χ2v) is 4.08. The van der Waals surface area contributed by atoms with E-state index in [1.807, 2.05) is 0 Å². The first-order valence-corrected chi connectivity index (χ1v) is 5.36. The maximum Gasteiger partial charge on any atom is 0.416 e. The van der Waals surface area contributed by atoms with Crippen LogP contribution in [0.25, 0.3) is 22.2 Å². The summed E-state index contributed by atoms with van der Waals surface area (Å²) in [6.45, 7) is 0. The highest BCUT2D eigenvalue weighted by Gasteiger charge is 2.31. The smallest absolute Gasteiger partial charge is 0.381 e. The normalized spacial score (nSPS) is 12.2. The van der Waals surface area contributed by atoms with E-state index in [0.717, 1.165) is 12.1 Å². The monoisotopic (exact) mass is 267 g/mol. The highest BCUT2D eigenvalue weighted by Crippen LogP contribution is 2.35. The second kappa shape index (κ2) is 3.78. The first-order chi connectivity index (χ1) is 8.95. The van der Waals surface area contributed by atoms with Gasteiger partial charge in [0, 0.05) is 28.7 Å². The lowest BCUT2D eigenvalue weighted by atomic mass is 10.1. The zero-order chi connectivity index (χ0) is 13.6. The van der Waals surface area contributed by atoms with Crippen molar-refractivity contribution < 1.29 is 17.7 Å². The fraction of sp³-hybridized carbons (Fsp3) is 0.0833. The lowest BCUT2D eigenvalue weighted by molar-refractivity contribution is -0.137. The van der Waals surface area contributed by atoms with Crippen LogP contribution in [0.2, 0.25) is 0 Å². The number of alkyl halides is 3. The van der Waals surface area contributed by atoms with Crippen LogP contribution in [0.4, 0.5) is 19.0 Å². The number of nitrogens with one attached hydrogen (secondary N) is 1. The van der Waals surface area contributed by atoms with Crippen LogP contribution in [0.3, 0.4) is 0 Å². The fourth-order valence-electron chi connectivity index (χ4n) is 1.92. The number of aromatic amines is 1. The van der Waals surface area contributed by atoms with Gasteiger partial charge in [-0.2, -0.15) is 13.2 Å². The number of H-pyrrole nitrogens is 1. The quantitative estimate of drug-likeness (QED) is 0.709. The number of anilines is 1. The molecule has 0 bridgehead atoms. The number of benzene rings is 1. The van der Waals surface area contributed by atoms with Gasteiger partial charge in [0.05, 0.1) is 5.56 Å². The lowest BCUT2D eigenvalue weighted by Crippen LogP contribution is -2.04. The van der Waals surface area contributed by atoms with Crippen LogP contribution in [0.1, 0.15) is 5.56 Å². The third-order valence-corrected chi connectivity index (χ3v) is 2.80. The van der Waals surface area contributed by atoms with E-state index in [2.05, 4.69) is 10.1 Å². The van der Waals surface area contributed by atoms with Crippen molar-refractivity contribution in [3.8, 4) is 11.3 Å². The molecule has 7 heteroatoms. The summed E-state index contributed by atoms with van der Waals surface area (Å²) in [6, 6.07) is 4.93. The molecule has 3 aromatic rings. The minimum Gasteiger partial charge on any atom is -0.381 e. The number of halogens is 3.